The van der Waals surface area contributed by atoms with Gasteiger partial charge in [-0.05, 0) is 30.5 Å². The molecule has 3 rings (SSSR count). The van der Waals surface area contributed by atoms with E-state index < -0.39 is 0 Å². The van der Waals surface area contributed by atoms with Crippen LogP contribution in [0.15, 0.2) is 24.3 Å². The number of nitrogens with one attached hydrogen (secondary N) is 1. The highest BCUT2D eigenvalue weighted by molar-refractivity contribution is 5.17. The molecule has 0 aromatic heterocycles. The summed E-state index contributed by atoms with van der Waals surface area (Å²) in [5.74, 6) is 0.470. The molecule has 1 saturated heterocycles. The molecule has 3 heteroatoms. The third-order valence-electron chi connectivity index (χ3n) is 4.77. The average Bonchev–Trinajstić information content (AvgIpc) is 2.41. The zero-order valence-corrected chi connectivity index (χ0v) is 11.7. The van der Waals surface area contributed by atoms with Crippen LogP contribution < -0.4 is 5.32 Å². The fourth-order valence-corrected chi connectivity index (χ4v) is 3.77. The average molecular weight is 263 g/mol. The van der Waals surface area contributed by atoms with Gasteiger partial charge >= 0.3 is 0 Å². The van der Waals surface area contributed by atoms with Crippen molar-refractivity contribution in [2.45, 2.75) is 45.4 Å². The highest BCUT2D eigenvalue weighted by Crippen LogP contribution is 2.51. The quantitative estimate of drug-likeness (QED) is 0.904. The van der Waals surface area contributed by atoms with E-state index in [1.807, 2.05) is 12.1 Å². The van der Waals surface area contributed by atoms with E-state index in [4.69, 9.17) is 4.74 Å². The van der Waals surface area contributed by atoms with Crippen LogP contribution in [0.3, 0.4) is 0 Å². The zero-order chi connectivity index (χ0) is 13.5. The number of hydrogen-bond donors (Lipinski definition) is 1. The smallest absolute Gasteiger partial charge is 0.123 e. The molecule has 1 saturated carbocycles. The van der Waals surface area contributed by atoms with Gasteiger partial charge in [0.1, 0.15) is 5.82 Å². The molecule has 1 heterocycles. The van der Waals surface area contributed by atoms with E-state index in [0.717, 1.165) is 18.7 Å². The summed E-state index contributed by atoms with van der Waals surface area (Å²) < 4.78 is 18.8. The summed E-state index contributed by atoms with van der Waals surface area (Å²) in [7, 11) is 0. The van der Waals surface area contributed by atoms with Crippen molar-refractivity contribution in [1.29, 1.82) is 0 Å². The second kappa shape index (κ2) is 4.88. The van der Waals surface area contributed by atoms with Gasteiger partial charge in [0.2, 0.25) is 0 Å². The summed E-state index contributed by atoms with van der Waals surface area (Å²) in [6.07, 6.45) is 2.84. The summed E-state index contributed by atoms with van der Waals surface area (Å²) in [6.45, 7) is 6.27. The lowest BCUT2D eigenvalue weighted by molar-refractivity contribution is -0.192. The molecule has 0 unspecified atom stereocenters. The second-order valence-electron chi connectivity index (χ2n) is 6.40. The molecule has 1 aliphatic carbocycles. The van der Waals surface area contributed by atoms with Crippen LogP contribution in [0.4, 0.5) is 4.39 Å². The molecule has 2 fully saturated rings. The van der Waals surface area contributed by atoms with Crippen LogP contribution in [0, 0.1) is 17.2 Å². The molecule has 1 aromatic carbocycles. The summed E-state index contributed by atoms with van der Waals surface area (Å²) >= 11 is 0. The number of fused-ring (bicyclic) bond motifs is 1. The molecule has 2 aliphatic rings. The Morgan fingerprint density at radius 3 is 2.79 bits per heavy atom. The molecule has 0 bridgehead atoms. The van der Waals surface area contributed by atoms with Crippen LogP contribution in [0.2, 0.25) is 0 Å². The maximum absolute atomic E-state index is 12.9. The second-order valence-corrected chi connectivity index (χ2v) is 6.40. The van der Waals surface area contributed by atoms with Crippen LogP contribution in [0.5, 0.6) is 0 Å². The Labute approximate surface area is 114 Å². The van der Waals surface area contributed by atoms with E-state index in [1.54, 1.807) is 0 Å². The SMILES string of the molecule is CC1(C)[C@H](NCc2ccc(F)cc2)[C@@H]2CCCO[C@H]21. The zero-order valence-electron chi connectivity index (χ0n) is 11.7. The Bertz CT molecular complexity index is 443. The lowest BCUT2D eigenvalue weighted by Gasteiger charge is -2.60. The van der Waals surface area contributed by atoms with Gasteiger partial charge in [0.25, 0.3) is 0 Å². The number of halogens is 1. The summed E-state index contributed by atoms with van der Waals surface area (Å²) in [4.78, 5) is 0. The predicted molar refractivity (Wildman–Crippen MR) is 73.3 cm³/mol. The van der Waals surface area contributed by atoms with Gasteiger partial charge in [-0.15, -0.1) is 0 Å². The first-order valence-corrected chi connectivity index (χ1v) is 7.18. The van der Waals surface area contributed by atoms with E-state index in [2.05, 4.69) is 19.2 Å². The van der Waals surface area contributed by atoms with Crippen molar-refractivity contribution in [3.05, 3.63) is 35.6 Å². The summed E-state index contributed by atoms with van der Waals surface area (Å²) in [5, 5.41) is 3.64. The first-order valence-electron chi connectivity index (χ1n) is 7.18. The van der Waals surface area contributed by atoms with Gasteiger partial charge in [0.15, 0.2) is 0 Å². The molecule has 0 amide bonds. The van der Waals surface area contributed by atoms with Gasteiger partial charge in [-0.1, -0.05) is 26.0 Å². The normalized spacial score (nSPS) is 32.5. The van der Waals surface area contributed by atoms with E-state index in [0.29, 0.717) is 18.1 Å². The van der Waals surface area contributed by atoms with Crippen molar-refractivity contribution in [2.75, 3.05) is 6.61 Å². The summed E-state index contributed by atoms with van der Waals surface area (Å²) in [6, 6.07) is 7.25. The van der Waals surface area contributed by atoms with Gasteiger partial charge in [-0.25, -0.2) is 4.39 Å². The number of rotatable bonds is 3. The number of benzene rings is 1. The molecule has 0 radical (unpaired) electrons. The fourth-order valence-electron chi connectivity index (χ4n) is 3.77. The van der Waals surface area contributed by atoms with Crippen molar-refractivity contribution in [3.63, 3.8) is 0 Å². The van der Waals surface area contributed by atoms with Crippen LogP contribution in [-0.4, -0.2) is 18.8 Å². The Balaban J connectivity index is 1.62. The maximum Gasteiger partial charge on any atom is 0.123 e. The Morgan fingerprint density at radius 2 is 2.05 bits per heavy atom. The minimum Gasteiger partial charge on any atom is -0.377 e. The van der Waals surface area contributed by atoms with Gasteiger partial charge in [0, 0.05) is 30.5 Å². The third-order valence-corrected chi connectivity index (χ3v) is 4.77. The molecule has 1 aliphatic heterocycles. The van der Waals surface area contributed by atoms with Crippen LogP contribution in [-0.2, 0) is 11.3 Å². The van der Waals surface area contributed by atoms with Crippen molar-refractivity contribution < 1.29 is 9.13 Å². The lowest BCUT2D eigenvalue weighted by atomic mass is 9.55. The third kappa shape index (κ3) is 2.30. The predicted octanol–water partition coefficient (Wildman–Crippen LogP) is 3.12. The van der Waals surface area contributed by atoms with Crippen LogP contribution in [0.1, 0.15) is 32.3 Å². The van der Waals surface area contributed by atoms with E-state index in [9.17, 15) is 4.39 Å². The molecule has 2 nitrogen and oxygen atoms in total. The Kier molecular flexibility index (Phi) is 3.35. The first-order chi connectivity index (χ1) is 9.09. The van der Waals surface area contributed by atoms with Crippen molar-refractivity contribution >= 4 is 0 Å². The lowest BCUT2D eigenvalue weighted by Crippen LogP contribution is -2.69. The molecular weight excluding hydrogens is 241 g/mol. The molecule has 1 aromatic rings. The minimum atomic E-state index is -0.173. The molecular formula is C16H22FNO. The number of hydrogen-bond acceptors (Lipinski definition) is 2. The largest absolute Gasteiger partial charge is 0.377 e. The van der Waals surface area contributed by atoms with Crippen LogP contribution in [0.25, 0.3) is 0 Å². The van der Waals surface area contributed by atoms with Crippen molar-refractivity contribution in [3.8, 4) is 0 Å². The Morgan fingerprint density at radius 1 is 1.32 bits per heavy atom. The highest BCUT2D eigenvalue weighted by Gasteiger charge is 2.57. The molecule has 104 valence electrons. The van der Waals surface area contributed by atoms with Crippen molar-refractivity contribution in [1.82, 2.24) is 5.32 Å². The highest BCUT2D eigenvalue weighted by atomic mass is 19.1. The first kappa shape index (κ1) is 13.1. The van der Waals surface area contributed by atoms with Crippen molar-refractivity contribution in [2.24, 2.45) is 11.3 Å². The maximum atomic E-state index is 12.9. The molecule has 1 N–H and O–H groups in total. The van der Waals surface area contributed by atoms with Gasteiger partial charge in [-0.2, -0.15) is 0 Å². The van der Waals surface area contributed by atoms with E-state index in [1.165, 1.54) is 25.0 Å². The standard InChI is InChI=1S/C16H22FNO/c1-16(2)14(13-4-3-9-19-15(13)16)18-10-11-5-7-12(17)8-6-11/h5-8,13-15,18H,3-4,9-10H2,1-2H3/t13-,14+,15+/m0/s1. The summed E-state index contributed by atoms with van der Waals surface area (Å²) in [5.41, 5.74) is 1.34. The molecule has 19 heavy (non-hydrogen) atoms. The monoisotopic (exact) mass is 263 g/mol. The molecule has 0 spiro atoms. The van der Waals surface area contributed by atoms with E-state index >= 15 is 0 Å². The van der Waals surface area contributed by atoms with Crippen LogP contribution >= 0.6 is 0 Å². The van der Waals surface area contributed by atoms with Gasteiger partial charge in [0.05, 0.1) is 6.10 Å². The van der Waals surface area contributed by atoms with Gasteiger partial charge in [-0.3, -0.25) is 0 Å². The topological polar surface area (TPSA) is 21.3 Å². The van der Waals surface area contributed by atoms with E-state index in [-0.39, 0.29) is 11.2 Å². The Hall–Kier alpha value is -0.930. The minimum absolute atomic E-state index is 0.173. The fraction of sp³-hybridized carbons (Fsp3) is 0.625. The number of ether oxygens (including phenoxy) is 1. The molecule has 3 atom stereocenters. The van der Waals surface area contributed by atoms with Gasteiger partial charge < -0.3 is 10.1 Å².